The number of carbonyl (C=O) groups excluding carboxylic acids is 1. The zero-order chi connectivity index (χ0) is 19.2. The summed E-state index contributed by atoms with van der Waals surface area (Å²) in [4.78, 5) is 22.8. The Balaban J connectivity index is 1.40. The molecule has 0 fully saturated rings. The number of carbonyl (C=O) groups is 1. The van der Waals surface area contributed by atoms with Gasteiger partial charge < -0.3 is 18.3 Å². The topological polar surface area (TPSA) is 98.4 Å². The summed E-state index contributed by atoms with van der Waals surface area (Å²) in [7, 11) is 0. The predicted octanol–water partition coefficient (Wildman–Crippen LogP) is 3.48. The predicted molar refractivity (Wildman–Crippen MR) is 97.5 cm³/mol. The van der Waals surface area contributed by atoms with Crippen molar-refractivity contribution < 1.29 is 18.2 Å². The van der Waals surface area contributed by atoms with Crippen molar-refractivity contribution in [3.8, 4) is 11.4 Å². The fraction of sp³-hybridized carbons (Fsp3) is 0.200. The van der Waals surface area contributed by atoms with Crippen LogP contribution in [0.15, 0.2) is 74.7 Å². The molecule has 28 heavy (non-hydrogen) atoms. The summed E-state index contributed by atoms with van der Waals surface area (Å²) in [6.07, 6.45) is 7.09. The lowest BCUT2D eigenvalue weighted by Gasteiger charge is -2.20. The minimum atomic E-state index is -0.0588. The van der Waals surface area contributed by atoms with Gasteiger partial charge in [0, 0.05) is 30.8 Å². The van der Waals surface area contributed by atoms with Crippen molar-refractivity contribution in [2.45, 2.75) is 25.9 Å². The zero-order valence-corrected chi connectivity index (χ0v) is 15.0. The van der Waals surface area contributed by atoms with Gasteiger partial charge in [-0.15, -0.1) is 0 Å². The van der Waals surface area contributed by atoms with E-state index < -0.39 is 0 Å². The van der Waals surface area contributed by atoms with Gasteiger partial charge in [-0.05, 0) is 36.4 Å². The molecule has 0 saturated carbocycles. The maximum atomic E-state index is 12.8. The van der Waals surface area contributed by atoms with Crippen molar-refractivity contribution in [2.24, 2.45) is 0 Å². The fourth-order valence-electron chi connectivity index (χ4n) is 2.76. The van der Waals surface area contributed by atoms with Crippen molar-refractivity contribution >= 4 is 5.91 Å². The first kappa shape index (κ1) is 17.7. The second-order valence-corrected chi connectivity index (χ2v) is 6.16. The van der Waals surface area contributed by atoms with E-state index in [2.05, 4.69) is 15.1 Å². The number of hydrogen-bond donors (Lipinski definition) is 0. The Morgan fingerprint density at radius 1 is 0.964 bits per heavy atom. The molecule has 0 N–H and O–H groups in total. The molecule has 0 aliphatic rings. The summed E-state index contributed by atoms with van der Waals surface area (Å²) in [5.41, 5.74) is 0.814. The molecular formula is C20H18N4O4. The van der Waals surface area contributed by atoms with Crippen LogP contribution in [-0.4, -0.2) is 25.9 Å². The van der Waals surface area contributed by atoms with Gasteiger partial charge in [0.2, 0.25) is 17.6 Å². The summed E-state index contributed by atoms with van der Waals surface area (Å²) in [5, 5.41) is 3.96. The molecule has 0 bridgehead atoms. The standard InChI is InChI=1S/C20H18N4O4/c25-19(6-5-18-22-20(23-28-18)15-7-9-21-10-8-15)24(13-16-3-1-11-26-16)14-17-4-2-12-27-17/h1-4,7-12H,5-6,13-14H2. The summed E-state index contributed by atoms with van der Waals surface area (Å²) in [6, 6.07) is 10.9. The van der Waals surface area contributed by atoms with Crippen LogP contribution in [0.3, 0.4) is 0 Å². The third-order valence-corrected chi connectivity index (χ3v) is 4.17. The quantitative estimate of drug-likeness (QED) is 0.463. The summed E-state index contributed by atoms with van der Waals surface area (Å²) < 4.78 is 16.0. The minimum absolute atomic E-state index is 0.0588. The molecular weight excluding hydrogens is 360 g/mol. The fourth-order valence-corrected chi connectivity index (χ4v) is 2.76. The van der Waals surface area contributed by atoms with E-state index in [0.717, 1.165) is 5.56 Å². The lowest BCUT2D eigenvalue weighted by atomic mass is 10.2. The highest BCUT2D eigenvalue weighted by Gasteiger charge is 2.19. The number of nitrogens with zero attached hydrogens (tertiary/aromatic N) is 4. The van der Waals surface area contributed by atoms with Crippen molar-refractivity contribution in [1.82, 2.24) is 20.0 Å². The Morgan fingerprint density at radius 3 is 2.25 bits per heavy atom. The molecule has 0 saturated heterocycles. The molecule has 4 heterocycles. The van der Waals surface area contributed by atoms with Crippen LogP contribution in [0.1, 0.15) is 23.8 Å². The Bertz CT molecular complexity index is 958. The summed E-state index contributed by atoms with van der Waals surface area (Å²) >= 11 is 0. The van der Waals surface area contributed by atoms with Crippen LogP contribution < -0.4 is 0 Å². The lowest BCUT2D eigenvalue weighted by molar-refractivity contribution is -0.133. The largest absolute Gasteiger partial charge is 0.467 e. The van der Waals surface area contributed by atoms with Gasteiger partial charge in [0.05, 0.1) is 25.6 Å². The molecule has 0 aliphatic heterocycles. The third-order valence-electron chi connectivity index (χ3n) is 4.17. The average molecular weight is 378 g/mol. The molecule has 142 valence electrons. The first-order valence-electron chi connectivity index (χ1n) is 8.83. The minimum Gasteiger partial charge on any atom is -0.467 e. The monoisotopic (exact) mass is 378 g/mol. The van der Waals surface area contributed by atoms with E-state index in [9.17, 15) is 4.79 Å². The summed E-state index contributed by atoms with van der Waals surface area (Å²) in [5.74, 6) is 2.25. The van der Waals surface area contributed by atoms with Gasteiger partial charge in [0.1, 0.15) is 11.5 Å². The van der Waals surface area contributed by atoms with Crippen LogP contribution in [0.2, 0.25) is 0 Å². The van der Waals surface area contributed by atoms with Crippen molar-refractivity contribution in [3.05, 3.63) is 78.7 Å². The Labute approximate surface area is 160 Å². The smallest absolute Gasteiger partial charge is 0.227 e. The van der Waals surface area contributed by atoms with Crippen LogP contribution in [0, 0.1) is 0 Å². The molecule has 1 amide bonds. The molecule has 0 atom stereocenters. The van der Waals surface area contributed by atoms with Gasteiger partial charge in [0.15, 0.2) is 0 Å². The van der Waals surface area contributed by atoms with Crippen molar-refractivity contribution in [3.63, 3.8) is 0 Å². The molecule has 8 nitrogen and oxygen atoms in total. The number of hydrogen-bond acceptors (Lipinski definition) is 7. The summed E-state index contributed by atoms with van der Waals surface area (Å²) in [6.45, 7) is 0.720. The molecule has 4 aromatic rings. The number of pyridine rings is 1. The number of amides is 1. The lowest BCUT2D eigenvalue weighted by Crippen LogP contribution is -2.30. The van der Waals surface area contributed by atoms with Crippen molar-refractivity contribution in [1.29, 1.82) is 0 Å². The molecule has 0 unspecified atom stereocenters. The molecule has 4 aromatic heterocycles. The molecule has 0 aliphatic carbocycles. The highest BCUT2D eigenvalue weighted by Crippen LogP contribution is 2.16. The zero-order valence-electron chi connectivity index (χ0n) is 15.0. The second-order valence-electron chi connectivity index (χ2n) is 6.16. The van der Waals surface area contributed by atoms with E-state index in [1.54, 1.807) is 54.1 Å². The van der Waals surface area contributed by atoms with Gasteiger partial charge >= 0.3 is 0 Å². The molecule has 0 spiro atoms. The van der Waals surface area contributed by atoms with Crippen LogP contribution in [0.5, 0.6) is 0 Å². The maximum Gasteiger partial charge on any atom is 0.227 e. The van der Waals surface area contributed by atoms with E-state index in [4.69, 9.17) is 13.4 Å². The van der Waals surface area contributed by atoms with Gasteiger partial charge in [-0.2, -0.15) is 4.98 Å². The van der Waals surface area contributed by atoms with Crippen LogP contribution in [0.25, 0.3) is 11.4 Å². The molecule has 0 aromatic carbocycles. The highest BCUT2D eigenvalue weighted by molar-refractivity contribution is 5.76. The first-order valence-corrected chi connectivity index (χ1v) is 8.83. The van der Waals surface area contributed by atoms with E-state index >= 15 is 0 Å². The van der Waals surface area contributed by atoms with Crippen molar-refractivity contribution in [2.75, 3.05) is 0 Å². The van der Waals surface area contributed by atoms with Crippen LogP contribution >= 0.6 is 0 Å². The number of aromatic nitrogens is 3. The van der Waals surface area contributed by atoms with Gasteiger partial charge in [-0.25, -0.2) is 0 Å². The Kier molecular flexibility index (Phi) is 5.28. The number of aryl methyl sites for hydroxylation is 1. The van der Waals surface area contributed by atoms with Gasteiger partial charge in [0.25, 0.3) is 0 Å². The maximum absolute atomic E-state index is 12.8. The molecule has 4 rings (SSSR count). The van der Waals surface area contributed by atoms with E-state index in [1.165, 1.54) is 0 Å². The normalized spacial score (nSPS) is 10.9. The number of furan rings is 2. The average Bonchev–Trinajstić information content (AvgIpc) is 3.49. The Morgan fingerprint density at radius 2 is 1.64 bits per heavy atom. The third kappa shape index (κ3) is 4.35. The molecule has 8 heteroatoms. The van der Waals surface area contributed by atoms with Gasteiger partial charge in [-0.1, -0.05) is 5.16 Å². The van der Waals surface area contributed by atoms with E-state index in [1.807, 2.05) is 12.1 Å². The highest BCUT2D eigenvalue weighted by atomic mass is 16.5. The SMILES string of the molecule is O=C(CCc1nc(-c2ccncc2)no1)N(Cc1ccco1)Cc1ccco1. The van der Waals surface area contributed by atoms with Crippen LogP contribution in [-0.2, 0) is 24.3 Å². The van der Waals surface area contributed by atoms with E-state index in [0.29, 0.717) is 42.7 Å². The molecule has 0 radical (unpaired) electrons. The van der Waals surface area contributed by atoms with Gasteiger partial charge in [-0.3, -0.25) is 9.78 Å². The Hall–Kier alpha value is -3.68. The van der Waals surface area contributed by atoms with Crippen LogP contribution in [0.4, 0.5) is 0 Å². The number of rotatable bonds is 8. The first-order chi connectivity index (χ1) is 13.8. The van der Waals surface area contributed by atoms with E-state index in [-0.39, 0.29) is 12.3 Å². The second kappa shape index (κ2) is 8.34.